The lowest BCUT2D eigenvalue weighted by molar-refractivity contribution is -0.394. The summed E-state index contributed by atoms with van der Waals surface area (Å²) in [4.78, 5) is 45.8. The number of rotatable bonds is 11. The molecule has 11 nitrogen and oxygen atoms in total. The third-order valence-corrected chi connectivity index (χ3v) is 5.24. The molecule has 0 fully saturated rings. The Morgan fingerprint density at radius 2 is 1.73 bits per heavy atom. The Morgan fingerprint density at radius 3 is 2.30 bits per heavy atom. The van der Waals surface area contributed by atoms with Crippen molar-refractivity contribution in [2.45, 2.75) is 18.7 Å². The van der Waals surface area contributed by atoms with Crippen LogP contribution in [-0.2, 0) is 10.5 Å². The molecular weight excluding hydrogens is 450 g/mol. The van der Waals surface area contributed by atoms with Crippen LogP contribution in [0.3, 0.4) is 0 Å². The maximum Gasteiger partial charge on any atom is 0.277 e. The van der Waals surface area contributed by atoms with Crippen molar-refractivity contribution in [3.63, 3.8) is 0 Å². The van der Waals surface area contributed by atoms with Crippen LogP contribution in [-0.4, -0.2) is 39.7 Å². The first-order valence-electron chi connectivity index (χ1n) is 9.62. The first-order valence-corrected chi connectivity index (χ1v) is 10.8. The number of non-ortho nitro benzene ring substituents is 2. The number of allylic oxidation sites excluding steroid dienone is 2. The summed E-state index contributed by atoms with van der Waals surface area (Å²) in [6.07, 6.45) is 4.66. The minimum absolute atomic E-state index is 0.169. The Morgan fingerprint density at radius 1 is 1.09 bits per heavy atom. The number of nitrogens with zero attached hydrogens (tertiary/aromatic N) is 3. The minimum atomic E-state index is -1.05. The summed E-state index contributed by atoms with van der Waals surface area (Å²) in [6.45, 7) is 1.77. The molecule has 2 aromatic carbocycles. The smallest absolute Gasteiger partial charge is 0.277 e. The molecular formula is C21H21N5O6S. The van der Waals surface area contributed by atoms with Crippen LogP contribution >= 0.6 is 11.8 Å². The highest BCUT2D eigenvalue weighted by atomic mass is 32.2. The molecule has 0 aliphatic rings. The molecule has 2 N–H and O–H groups in total. The molecule has 0 aliphatic carbocycles. The van der Waals surface area contributed by atoms with Gasteiger partial charge in [-0.3, -0.25) is 29.8 Å². The van der Waals surface area contributed by atoms with Gasteiger partial charge in [0.15, 0.2) is 0 Å². The van der Waals surface area contributed by atoms with Crippen molar-refractivity contribution in [1.29, 1.82) is 0 Å². The summed E-state index contributed by atoms with van der Waals surface area (Å²) >= 11 is 1.38. The summed E-state index contributed by atoms with van der Waals surface area (Å²) in [5, 5.41) is 28.4. The Bertz CT molecular complexity index is 1040. The fourth-order valence-electron chi connectivity index (χ4n) is 2.54. The number of thioether (sulfide) groups is 1. The van der Waals surface area contributed by atoms with Crippen molar-refractivity contribution in [2.24, 2.45) is 5.10 Å². The predicted molar refractivity (Wildman–Crippen MR) is 125 cm³/mol. The Kier molecular flexibility index (Phi) is 9.71. The predicted octanol–water partition coefficient (Wildman–Crippen LogP) is 3.21. The molecule has 2 rings (SSSR count). The molecule has 0 radical (unpaired) electrons. The van der Waals surface area contributed by atoms with E-state index in [-0.39, 0.29) is 11.3 Å². The second-order valence-corrected chi connectivity index (χ2v) is 7.59. The first-order chi connectivity index (χ1) is 15.8. The quantitative estimate of drug-likeness (QED) is 0.289. The van der Waals surface area contributed by atoms with E-state index < -0.39 is 39.1 Å². The molecule has 0 aromatic heterocycles. The topological polar surface area (TPSA) is 157 Å². The van der Waals surface area contributed by atoms with Crippen LogP contribution in [0.5, 0.6) is 0 Å². The normalized spacial score (nSPS) is 11.9. The first kappa shape index (κ1) is 25.2. The van der Waals surface area contributed by atoms with Crippen LogP contribution in [0.15, 0.2) is 65.8 Å². The number of hydrazone groups is 1. The third kappa shape index (κ3) is 8.18. The van der Waals surface area contributed by atoms with Gasteiger partial charge in [-0.2, -0.15) is 16.9 Å². The van der Waals surface area contributed by atoms with Gasteiger partial charge in [-0.1, -0.05) is 36.4 Å². The Hall–Kier alpha value is -4.06. The average Bonchev–Trinajstić information content (AvgIpc) is 2.81. The molecule has 12 heteroatoms. The monoisotopic (exact) mass is 471 g/mol. The fraction of sp³-hybridized carbons (Fsp3) is 0.190. The summed E-state index contributed by atoms with van der Waals surface area (Å²) in [5.41, 5.74) is 1.82. The van der Waals surface area contributed by atoms with Crippen molar-refractivity contribution >= 4 is 41.2 Å². The van der Waals surface area contributed by atoms with E-state index in [4.69, 9.17) is 0 Å². The zero-order valence-electron chi connectivity index (χ0n) is 17.5. The molecule has 0 aliphatic heterocycles. The number of carbonyl (C=O) groups is 2. The molecule has 0 saturated carbocycles. The highest BCUT2D eigenvalue weighted by Crippen LogP contribution is 2.23. The van der Waals surface area contributed by atoms with Gasteiger partial charge in [0.05, 0.1) is 21.5 Å². The number of carbonyl (C=O) groups excluding carboxylic acids is 2. The second kappa shape index (κ2) is 12.7. The molecule has 2 amide bonds. The van der Waals surface area contributed by atoms with Gasteiger partial charge in [-0.05, 0) is 18.6 Å². The number of hydrogen-bond donors (Lipinski definition) is 2. The van der Waals surface area contributed by atoms with Crippen LogP contribution in [0.25, 0.3) is 0 Å². The van der Waals surface area contributed by atoms with Crippen LogP contribution in [0, 0.1) is 20.2 Å². The largest absolute Gasteiger partial charge is 0.339 e. The summed E-state index contributed by atoms with van der Waals surface area (Å²) in [6, 6.07) is 11.0. The van der Waals surface area contributed by atoms with Crippen LogP contribution < -0.4 is 10.7 Å². The lowest BCUT2D eigenvalue weighted by Gasteiger charge is -2.17. The van der Waals surface area contributed by atoms with Gasteiger partial charge in [-0.25, -0.2) is 5.43 Å². The number of nitro benzene ring substituents is 2. The molecule has 0 spiro atoms. The molecule has 2 aromatic rings. The van der Waals surface area contributed by atoms with Gasteiger partial charge in [-0.15, -0.1) is 0 Å². The van der Waals surface area contributed by atoms with E-state index in [0.717, 1.165) is 23.8 Å². The maximum atomic E-state index is 12.7. The lowest BCUT2D eigenvalue weighted by atomic mass is 10.1. The van der Waals surface area contributed by atoms with E-state index in [0.29, 0.717) is 5.75 Å². The molecule has 0 saturated heterocycles. The van der Waals surface area contributed by atoms with Gasteiger partial charge in [0.2, 0.25) is 0 Å². The van der Waals surface area contributed by atoms with E-state index in [1.54, 1.807) is 19.1 Å². The Labute approximate surface area is 193 Å². The van der Waals surface area contributed by atoms with E-state index >= 15 is 0 Å². The number of nitrogens with one attached hydrogen (secondary N) is 2. The van der Waals surface area contributed by atoms with E-state index in [1.807, 2.05) is 30.3 Å². The number of nitro groups is 2. The van der Waals surface area contributed by atoms with Gasteiger partial charge in [0, 0.05) is 29.9 Å². The molecule has 0 bridgehead atoms. The molecule has 1 atom stereocenters. The van der Waals surface area contributed by atoms with Crippen LogP contribution in [0.4, 0.5) is 11.4 Å². The second-order valence-electron chi connectivity index (χ2n) is 6.56. The van der Waals surface area contributed by atoms with Gasteiger partial charge < -0.3 is 5.32 Å². The van der Waals surface area contributed by atoms with Crippen molar-refractivity contribution in [3.05, 3.63) is 92.0 Å². The van der Waals surface area contributed by atoms with Gasteiger partial charge >= 0.3 is 0 Å². The zero-order valence-corrected chi connectivity index (χ0v) is 18.4. The van der Waals surface area contributed by atoms with E-state index in [2.05, 4.69) is 15.8 Å². The zero-order chi connectivity index (χ0) is 24.2. The third-order valence-electron chi connectivity index (χ3n) is 4.13. The molecule has 172 valence electrons. The van der Waals surface area contributed by atoms with Crippen molar-refractivity contribution in [1.82, 2.24) is 10.7 Å². The number of benzene rings is 2. The van der Waals surface area contributed by atoms with Crippen molar-refractivity contribution in [3.8, 4) is 0 Å². The summed E-state index contributed by atoms with van der Waals surface area (Å²) < 4.78 is 0. The molecule has 0 unspecified atom stereocenters. The lowest BCUT2D eigenvalue weighted by Crippen LogP contribution is -2.47. The average molecular weight is 471 g/mol. The number of amides is 2. The van der Waals surface area contributed by atoms with Crippen molar-refractivity contribution < 1.29 is 19.4 Å². The molecule has 0 heterocycles. The molecule has 33 heavy (non-hydrogen) atoms. The highest BCUT2D eigenvalue weighted by Gasteiger charge is 2.25. The van der Waals surface area contributed by atoms with Crippen LogP contribution in [0.2, 0.25) is 0 Å². The van der Waals surface area contributed by atoms with Gasteiger partial charge in [0.25, 0.3) is 23.2 Å². The Balaban J connectivity index is 2.19. The maximum absolute atomic E-state index is 12.7. The standard InChI is InChI=1S/C21H21N5O6S/c1-2-3-9-22-24-21(28)19(14-33-13-15-7-5-4-6-8-15)23-20(27)16-10-17(25(29)30)12-18(11-16)26(31)32/h2-12,19H,13-14H2,1H3,(H,23,27)(H,24,28)/b3-2+,22-9-/t19-/m1/s1. The summed E-state index contributed by atoms with van der Waals surface area (Å²) in [7, 11) is 0. The van der Waals surface area contributed by atoms with Crippen LogP contribution in [0.1, 0.15) is 22.8 Å². The van der Waals surface area contributed by atoms with Gasteiger partial charge in [0.1, 0.15) is 6.04 Å². The SMILES string of the molecule is C/C=C/C=N\NC(=O)[C@@H](CSCc1ccccc1)NC(=O)c1cc([N+](=O)[O-])cc([N+](=O)[O-])c1. The van der Waals surface area contributed by atoms with E-state index in [1.165, 1.54) is 18.0 Å². The number of hydrogen-bond acceptors (Lipinski definition) is 8. The fourth-order valence-corrected chi connectivity index (χ4v) is 3.55. The van der Waals surface area contributed by atoms with E-state index in [9.17, 15) is 29.8 Å². The van der Waals surface area contributed by atoms with Crippen molar-refractivity contribution in [2.75, 3.05) is 5.75 Å². The minimum Gasteiger partial charge on any atom is -0.339 e. The summed E-state index contributed by atoms with van der Waals surface area (Å²) in [5.74, 6) is -0.725. The highest BCUT2D eigenvalue weighted by molar-refractivity contribution is 7.98.